The molecule has 1 saturated carbocycles. The van der Waals surface area contributed by atoms with E-state index in [1.807, 2.05) is 0 Å². The molecule has 1 nitrogen and oxygen atoms in total. The van der Waals surface area contributed by atoms with Crippen LogP contribution >= 0.6 is 0 Å². The molecule has 0 aromatic carbocycles. The summed E-state index contributed by atoms with van der Waals surface area (Å²) < 4.78 is 2.50. The number of rotatable bonds is 1. The van der Waals surface area contributed by atoms with Gasteiger partial charge in [-0.1, -0.05) is 12.8 Å². The highest BCUT2D eigenvalue weighted by Crippen LogP contribution is 2.37. The summed E-state index contributed by atoms with van der Waals surface area (Å²) in [6.45, 7) is 1.27. The fourth-order valence-electron chi connectivity index (χ4n) is 3.20. The van der Waals surface area contributed by atoms with E-state index in [0.29, 0.717) is 0 Å². The van der Waals surface area contributed by atoms with E-state index in [0.717, 1.165) is 5.92 Å². The molecule has 14 heavy (non-hydrogen) atoms. The van der Waals surface area contributed by atoms with Crippen molar-refractivity contribution in [3.05, 3.63) is 23.5 Å². The van der Waals surface area contributed by atoms with E-state index in [9.17, 15) is 0 Å². The Labute approximate surface area is 86.1 Å². The Bertz CT molecular complexity index is 318. The second-order valence-electron chi connectivity index (χ2n) is 4.85. The molecule has 0 unspecified atom stereocenters. The van der Waals surface area contributed by atoms with Gasteiger partial charge in [-0.05, 0) is 49.7 Å². The van der Waals surface area contributed by atoms with Crippen LogP contribution in [0.2, 0.25) is 0 Å². The minimum Gasteiger partial charge on any atom is -0.351 e. The zero-order chi connectivity index (χ0) is 9.38. The number of aryl methyl sites for hydroxylation is 1. The molecule has 1 aromatic rings. The Morgan fingerprint density at radius 1 is 1.07 bits per heavy atom. The molecule has 0 N–H and O–H groups in total. The zero-order valence-corrected chi connectivity index (χ0v) is 8.84. The maximum atomic E-state index is 2.50. The summed E-state index contributed by atoms with van der Waals surface area (Å²) in [5.41, 5.74) is 3.37. The lowest BCUT2D eigenvalue weighted by molar-refractivity contribution is 0.524. The third-order valence-corrected chi connectivity index (χ3v) is 3.97. The number of hydrogen-bond acceptors (Lipinski definition) is 0. The van der Waals surface area contributed by atoms with Gasteiger partial charge in [-0.15, -0.1) is 0 Å². The highest BCUT2D eigenvalue weighted by molar-refractivity contribution is 5.28. The highest BCUT2D eigenvalue weighted by Gasteiger charge is 2.22. The lowest BCUT2D eigenvalue weighted by Crippen LogP contribution is -2.11. The second-order valence-corrected chi connectivity index (χ2v) is 4.85. The average molecular weight is 189 g/mol. The molecule has 1 aliphatic carbocycles. The van der Waals surface area contributed by atoms with Crippen LogP contribution in [0.15, 0.2) is 12.3 Å². The van der Waals surface area contributed by atoms with Crippen LogP contribution in [0.25, 0.3) is 0 Å². The van der Waals surface area contributed by atoms with E-state index in [1.54, 1.807) is 11.3 Å². The van der Waals surface area contributed by atoms with Gasteiger partial charge in [0.1, 0.15) is 0 Å². The van der Waals surface area contributed by atoms with Crippen molar-refractivity contribution in [3.8, 4) is 0 Å². The molecule has 0 bridgehead atoms. The third kappa shape index (κ3) is 1.30. The second kappa shape index (κ2) is 3.45. The van der Waals surface area contributed by atoms with Crippen molar-refractivity contribution in [1.29, 1.82) is 0 Å². The molecule has 1 fully saturated rings. The highest BCUT2D eigenvalue weighted by atomic mass is 15.0. The van der Waals surface area contributed by atoms with Crippen LogP contribution in [0.3, 0.4) is 0 Å². The van der Waals surface area contributed by atoms with Crippen molar-refractivity contribution >= 4 is 0 Å². The monoisotopic (exact) mass is 189 g/mol. The van der Waals surface area contributed by atoms with Crippen LogP contribution in [0, 0.1) is 0 Å². The lowest BCUT2D eigenvalue weighted by Gasteiger charge is -2.18. The van der Waals surface area contributed by atoms with Crippen molar-refractivity contribution in [2.75, 3.05) is 0 Å². The molecule has 76 valence electrons. The van der Waals surface area contributed by atoms with Crippen molar-refractivity contribution in [1.82, 2.24) is 4.57 Å². The number of nitrogens with zero attached hydrogens (tertiary/aromatic N) is 1. The van der Waals surface area contributed by atoms with Crippen molar-refractivity contribution in [2.24, 2.45) is 0 Å². The summed E-state index contributed by atoms with van der Waals surface area (Å²) in [5.74, 6) is 0.907. The first-order chi connectivity index (χ1) is 6.95. The number of fused-ring (bicyclic) bond motifs is 1. The van der Waals surface area contributed by atoms with Gasteiger partial charge in [-0.25, -0.2) is 0 Å². The van der Waals surface area contributed by atoms with Crippen LogP contribution in [0.5, 0.6) is 0 Å². The van der Waals surface area contributed by atoms with Gasteiger partial charge in [-0.2, -0.15) is 0 Å². The molecule has 1 heteroatoms. The largest absolute Gasteiger partial charge is 0.351 e. The predicted molar refractivity (Wildman–Crippen MR) is 58.6 cm³/mol. The molecule has 1 aliphatic heterocycles. The van der Waals surface area contributed by atoms with Gasteiger partial charge in [-0.3, -0.25) is 0 Å². The summed E-state index contributed by atoms with van der Waals surface area (Å²) in [5, 5.41) is 0. The van der Waals surface area contributed by atoms with Gasteiger partial charge in [0, 0.05) is 18.4 Å². The van der Waals surface area contributed by atoms with Gasteiger partial charge in [0.25, 0.3) is 0 Å². The van der Waals surface area contributed by atoms with Crippen LogP contribution < -0.4 is 0 Å². The van der Waals surface area contributed by atoms with Crippen LogP contribution in [0.4, 0.5) is 0 Å². The van der Waals surface area contributed by atoms with Gasteiger partial charge < -0.3 is 4.57 Å². The maximum Gasteiger partial charge on any atom is 0.0222 e. The molecular weight excluding hydrogens is 170 g/mol. The van der Waals surface area contributed by atoms with E-state index >= 15 is 0 Å². The minimum absolute atomic E-state index is 0.907. The maximum absolute atomic E-state index is 2.50. The first-order valence-corrected chi connectivity index (χ1v) is 6.13. The Hall–Kier alpha value is -0.720. The normalized spacial score (nSPS) is 22.6. The zero-order valence-electron chi connectivity index (χ0n) is 8.84. The van der Waals surface area contributed by atoms with Crippen molar-refractivity contribution < 1.29 is 0 Å². The molecular formula is C13H19N. The topological polar surface area (TPSA) is 4.93 Å². The summed E-state index contributed by atoms with van der Waals surface area (Å²) in [6.07, 6.45) is 12.2. The summed E-state index contributed by atoms with van der Waals surface area (Å²) >= 11 is 0. The van der Waals surface area contributed by atoms with E-state index in [4.69, 9.17) is 0 Å². The average Bonchev–Trinajstić information content (AvgIpc) is 2.85. The number of aromatic nitrogens is 1. The van der Waals surface area contributed by atoms with Gasteiger partial charge in [0.15, 0.2) is 0 Å². The molecule has 1 aromatic heterocycles. The fraction of sp³-hybridized carbons (Fsp3) is 0.692. The standard InChI is InChI=1S/C13H19N/c1-2-6-11(5-1)12-8-10-14-9-4-3-7-13(12)14/h8,10-11H,1-7,9H2. The quantitative estimate of drug-likeness (QED) is 0.637. The van der Waals surface area contributed by atoms with E-state index in [-0.39, 0.29) is 0 Å². The SMILES string of the molecule is c1cn2c(c1C1CCCC1)CCCC2. The summed E-state index contributed by atoms with van der Waals surface area (Å²) in [6, 6.07) is 2.40. The molecule has 2 heterocycles. The summed E-state index contributed by atoms with van der Waals surface area (Å²) in [4.78, 5) is 0. The third-order valence-electron chi connectivity index (χ3n) is 3.97. The Balaban J connectivity index is 1.93. The van der Waals surface area contributed by atoms with Crippen molar-refractivity contribution in [3.63, 3.8) is 0 Å². The van der Waals surface area contributed by atoms with E-state index in [1.165, 1.54) is 51.5 Å². The molecule has 0 saturated heterocycles. The smallest absolute Gasteiger partial charge is 0.0222 e. The molecule has 3 rings (SSSR count). The molecule has 0 spiro atoms. The summed E-state index contributed by atoms with van der Waals surface area (Å²) in [7, 11) is 0. The molecule has 0 radical (unpaired) electrons. The van der Waals surface area contributed by atoms with Crippen LogP contribution in [-0.4, -0.2) is 4.57 Å². The van der Waals surface area contributed by atoms with Crippen LogP contribution in [-0.2, 0) is 13.0 Å². The first kappa shape index (κ1) is 8.58. The molecule has 0 atom stereocenters. The molecule has 2 aliphatic rings. The first-order valence-electron chi connectivity index (χ1n) is 6.13. The Kier molecular flexibility index (Phi) is 2.11. The predicted octanol–water partition coefficient (Wildman–Crippen LogP) is 3.48. The minimum atomic E-state index is 0.907. The van der Waals surface area contributed by atoms with E-state index in [2.05, 4.69) is 16.8 Å². The van der Waals surface area contributed by atoms with Gasteiger partial charge >= 0.3 is 0 Å². The fourth-order valence-corrected chi connectivity index (χ4v) is 3.20. The lowest BCUT2D eigenvalue weighted by atomic mass is 9.95. The molecule has 0 amide bonds. The Morgan fingerprint density at radius 3 is 2.79 bits per heavy atom. The van der Waals surface area contributed by atoms with E-state index < -0.39 is 0 Å². The Morgan fingerprint density at radius 2 is 1.93 bits per heavy atom. The van der Waals surface area contributed by atoms with Gasteiger partial charge in [0.05, 0.1) is 0 Å². The van der Waals surface area contributed by atoms with Crippen molar-refractivity contribution in [2.45, 2.75) is 57.4 Å². The van der Waals surface area contributed by atoms with Gasteiger partial charge in [0.2, 0.25) is 0 Å². The number of hydrogen-bond donors (Lipinski definition) is 0. The van der Waals surface area contributed by atoms with Crippen LogP contribution in [0.1, 0.15) is 55.7 Å².